The third-order valence-corrected chi connectivity index (χ3v) is 2.20. The van der Waals surface area contributed by atoms with Crippen molar-refractivity contribution in [2.45, 2.75) is 20.8 Å². The molecule has 0 amide bonds. The first-order valence-electron chi connectivity index (χ1n) is 3.73. The minimum atomic E-state index is 0.212. The van der Waals surface area contributed by atoms with Gasteiger partial charge in [0.25, 0.3) is 0 Å². The molecule has 0 saturated heterocycles. The maximum atomic E-state index is 5.53. The van der Waals surface area contributed by atoms with Crippen LogP contribution in [0.15, 0.2) is 0 Å². The van der Waals surface area contributed by atoms with Crippen molar-refractivity contribution in [1.29, 1.82) is 0 Å². The number of methoxy groups -OCH3 is 1. The Morgan fingerprint density at radius 3 is 2.30 bits per heavy atom. The molecule has 0 radical (unpaired) electrons. The Morgan fingerprint density at radius 2 is 2.00 bits per heavy atom. The van der Waals surface area contributed by atoms with Crippen molar-refractivity contribution in [3.63, 3.8) is 0 Å². The molecule has 2 N–H and O–H groups in total. The number of rotatable bonds is 4. The van der Waals surface area contributed by atoms with E-state index in [0.29, 0.717) is 5.92 Å². The molecule has 0 saturated carbocycles. The second-order valence-electron chi connectivity index (χ2n) is 3.56. The molecule has 0 unspecified atom stereocenters. The zero-order valence-corrected chi connectivity index (χ0v) is 7.48. The van der Waals surface area contributed by atoms with Crippen molar-refractivity contribution < 1.29 is 4.74 Å². The molecule has 62 valence electrons. The molecule has 0 aromatic rings. The van der Waals surface area contributed by atoms with Gasteiger partial charge in [-0.1, -0.05) is 20.8 Å². The molecule has 10 heavy (non-hydrogen) atoms. The summed E-state index contributed by atoms with van der Waals surface area (Å²) >= 11 is 0. The van der Waals surface area contributed by atoms with Gasteiger partial charge in [-0.05, 0) is 17.9 Å². The lowest BCUT2D eigenvalue weighted by Gasteiger charge is -2.29. The highest BCUT2D eigenvalue weighted by atomic mass is 16.5. The summed E-state index contributed by atoms with van der Waals surface area (Å²) in [6, 6.07) is 0. The normalized spacial score (nSPS) is 15.3. The molecule has 0 aliphatic rings. The predicted molar refractivity (Wildman–Crippen MR) is 43.9 cm³/mol. The maximum Gasteiger partial charge on any atom is 0.0516 e. The lowest BCUT2D eigenvalue weighted by molar-refractivity contribution is 0.0684. The summed E-state index contributed by atoms with van der Waals surface area (Å²) in [6.45, 7) is 8.02. The monoisotopic (exact) mass is 145 g/mol. The molecule has 0 aromatic heterocycles. The summed E-state index contributed by atoms with van der Waals surface area (Å²) < 4.78 is 5.07. The lowest BCUT2D eigenvalue weighted by atomic mass is 9.81. The fourth-order valence-corrected chi connectivity index (χ4v) is 0.833. The molecule has 2 heteroatoms. The summed E-state index contributed by atoms with van der Waals surface area (Å²) in [5.74, 6) is 0.521. The van der Waals surface area contributed by atoms with E-state index < -0.39 is 0 Å². The molecule has 0 aliphatic heterocycles. The van der Waals surface area contributed by atoms with E-state index in [4.69, 9.17) is 10.5 Å². The highest BCUT2D eigenvalue weighted by molar-refractivity contribution is 4.74. The Bertz CT molecular complexity index is 91.3. The van der Waals surface area contributed by atoms with Crippen molar-refractivity contribution >= 4 is 0 Å². The minimum Gasteiger partial charge on any atom is -0.384 e. The van der Waals surface area contributed by atoms with Crippen molar-refractivity contribution in [1.82, 2.24) is 0 Å². The van der Waals surface area contributed by atoms with Crippen LogP contribution in [0, 0.1) is 11.3 Å². The van der Waals surface area contributed by atoms with Gasteiger partial charge in [-0.15, -0.1) is 0 Å². The van der Waals surface area contributed by atoms with Gasteiger partial charge in [-0.25, -0.2) is 0 Å². The standard InChI is InChI=1S/C8H19NO/c1-7(5-9)8(2,3)6-10-4/h7H,5-6,9H2,1-4H3/t7-/m0/s1. The van der Waals surface area contributed by atoms with Crippen LogP contribution in [0.4, 0.5) is 0 Å². The van der Waals surface area contributed by atoms with E-state index in [1.807, 2.05) is 0 Å². The molecular weight excluding hydrogens is 126 g/mol. The van der Waals surface area contributed by atoms with Crippen LogP contribution in [0.5, 0.6) is 0 Å². The highest BCUT2D eigenvalue weighted by Crippen LogP contribution is 2.25. The summed E-state index contributed by atoms with van der Waals surface area (Å²) in [4.78, 5) is 0. The average Bonchev–Trinajstić information content (AvgIpc) is 1.86. The molecule has 0 heterocycles. The molecule has 0 aromatic carbocycles. The maximum absolute atomic E-state index is 5.53. The summed E-state index contributed by atoms with van der Waals surface area (Å²) in [6.07, 6.45) is 0. The van der Waals surface area contributed by atoms with E-state index in [1.54, 1.807) is 7.11 Å². The summed E-state index contributed by atoms with van der Waals surface area (Å²) in [7, 11) is 1.73. The highest BCUT2D eigenvalue weighted by Gasteiger charge is 2.24. The lowest BCUT2D eigenvalue weighted by Crippen LogP contribution is -2.32. The number of nitrogens with two attached hydrogens (primary N) is 1. The first kappa shape index (κ1) is 9.92. The van der Waals surface area contributed by atoms with Crippen LogP contribution in [-0.4, -0.2) is 20.3 Å². The van der Waals surface area contributed by atoms with Crippen LogP contribution >= 0.6 is 0 Å². The van der Waals surface area contributed by atoms with Gasteiger partial charge in [0.05, 0.1) is 6.61 Å². The molecule has 1 atom stereocenters. The Balaban J connectivity index is 3.82. The second kappa shape index (κ2) is 3.94. The summed E-state index contributed by atoms with van der Waals surface area (Å²) in [5, 5.41) is 0. The van der Waals surface area contributed by atoms with E-state index in [9.17, 15) is 0 Å². The molecule has 0 fully saturated rings. The SMILES string of the molecule is COCC(C)(C)[C@@H](C)CN. The molecule has 0 aliphatic carbocycles. The van der Waals surface area contributed by atoms with Gasteiger partial charge in [0.1, 0.15) is 0 Å². The third kappa shape index (κ3) is 2.67. The van der Waals surface area contributed by atoms with Gasteiger partial charge in [-0.3, -0.25) is 0 Å². The Morgan fingerprint density at radius 1 is 1.50 bits per heavy atom. The van der Waals surface area contributed by atoms with Crippen LogP contribution < -0.4 is 5.73 Å². The zero-order valence-electron chi connectivity index (χ0n) is 7.48. The fourth-order valence-electron chi connectivity index (χ4n) is 0.833. The molecule has 2 nitrogen and oxygen atoms in total. The van der Waals surface area contributed by atoms with Crippen LogP contribution in [-0.2, 0) is 4.74 Å². The van der Waals surface area contributed by atoms with Gasteiger partial charge in [0.2, 0.25) is 0 Å². The molecular formula is C8H19NO. The first-order valence-corrected chi connectivity index (χ1v) is 3.73. The van der Waals surface area contributed by atoms with E-state index in [2.05, 4.69) is 20.8 Å². The Labute approximate surface area is 63.7 Å². The van der Waals surface area contributed by atoms with Crippen LogP contribution in [0.2, 0.25) is 0 Å². The van der Waals surface area contributed by atoms with Gasteiger partial charge in [0, 0.05) is 7.11 Å². The molecule has 0 spiro atoms. The van der Waals surface area contributed by atoms with E-state index in [-0.39, 0.29) is 5.41 Å². The zero-order chi connectivity index (χ0) is 8.20. The first-order chi connectivity index (χ1) is 4.54. The smallest absolute Gasteiger partial charge is 0.0516 e. The fraction of sp³-hybridized carbons (Fsp3) is 1.00. The largest absolute Gasteiger partial charge is 0.384 e. The van der Waals surface area contributed by atoms with Gasteiger partial charge in [0.15, 0.2) is 0 Å². The number of hydrogen-bond donors (Lipinski definition) is 1. The van der Waals surface area contributed by atoms with Gasteiger partial charge < -0.3 is 10.5 Å². The quantitative estimate of drug-likeness (QED) is 0.646. The van der Waals surface area contributed by atoms with Crippen molar-refractivity contribution in [3.8, 4) is 0 Å². The van der Waals surface area contributed by atoms with Crippen molar-refractivity contribution in [2.75, 3.05) is 20.3 Å². The number of hydrogen-bond acceptors (Lipinski definition) is 2. The van der Waals surface area contributed by atoms with Crippen molar-refractivity contribution in [2.24, 2.45) is 17.1 Å². The minimum absolute atomic E-state index is 0.212. The Hall–Kier alpha value is -0.0800. The van der Waals surface area contributed by atoms with Gasteiger partial charge in [-0.2, -0.15) is 0 Å². The van der Waals surface area contributed by atoms with E-state index in [0.717, 1.165) is 13.2 Å². The Kier molecular flexibility index (Phi) is 3.91. The number of ether oxygens (including phenoxy) is 1. The van der Waals surface area contributed by atoms with Crippen LogP contribution in [0.1, 0.15) is 20.8 Å². The molecule has 0 rings (SSSR count). The van der Waals surface area contributed by atoms with Gasteiger partial charge >= 0.3 is 0 Å². The third-order valence-electron chi connectivity index (χ3n) is 2.20. The second-order valence-corrected chi connectivity index (χ2v) is 3.56. The molecule has 0 bridgehead atoms. The summed E-state index contributed by atoms with van der Waals surface area (Å²) in [5.41, 5.74) is 5.74. The topological polar surface area (TPSA) is 35.2 Å². The van der Waals surface area contributed by atoms with Crippen molar-refractivity contribution in [3.05, 3.63) is 0 Å². The van der Waals surface area contributed by atoms with Crippen LogP contribution in [0.3, 0.4) is 0 Å². The van der Waals surface area contributed by atoms with E-state index >= 15 is 0 Å². The average molecular weight is 145 g/mol. The predicted octanol–water partition coefficient (Wildman–Crippen LogP) is 1.25. The van der Waals surface area contributed by atoms with Crippen LogP contribution in [0.25, 0.3) is 0 Å². The van der Waals surface area contributed by atoms with E-state index in [1.165, 1.54) is 0 Å².